The largest absolute Gasteiger partial charge is 0.398 e. The number of ether oxygens (including phenoxy) is 1. The Kier molecular flexibility index (Phi) is 3.75. The number of nitrogen functional groups attached to an aromatic ring is 1. The van der Waals surface area contributed by atoms with Crippen LogP contribution in [0.15, 0.2) is 30.3 Å². The molecule has 2 aromatic rings. The van der Waals surface area contributed by atoms with E-state index in [4.69, 9.17) is 10.5 Å². The first-order valence-electron chi connectivity index (χ1n) is 7.17. The minimum absolute atomic E-state index is 0.122. The van der Waals surface area contributed by atoms with Gasteiger partial charge in [-0.2, -0.15) is 0 Å². The number of likely N-dealkylation sites (N-methyl/N-ethyl adjacent to an activating group) is 1. The Hall–Kier alpha value is -2.14. The average Bonchev–Trinajstić information content (AvgIpc) is 2.99. The number of pyridine rings is 1. The molecule has 0 bridgehead atoms. The molecular weight excluding hydrogens is 266 g/mol. The van der Waals surface area contributed by atoms with E-state index in [2.05, 4.69) is 4.98 Å². The van der Waals surface area contributed by atoms with Gasteiger partial charge in [0.25, 0.3) is 5.91 Å². The normalized spacial score (nSPS) is 18.0. The summed E-state index contributed by atoms with van der Waals surface area (Å²) in [5.41, 5.74) is 7.72. The number of nitrogens with two attached hydrogens (primary N) is 1. The van der Waals surface area contributed by atoms with Gasteiger partial charge in [-0.05, 0) is 25.0 Å². The van der Waals surface area contributed by atoms with Gasteiger partial charge < -0.3 is 15.4 Å². The van der Waals surface area contributed by atoms with E-state index >= 15 is 0 Å². The number of nitrogens with zero attached hydrogens (tertiary/aromatic N) is 2. The Morgan fingerprint density at radius 1 is 1.48 bits per heavy atom. The summed E-state index contributed by atoms with van der Waals surface area (Å²) >= 11 is 0. The number of benzene rings is 1. The first-order valence-corrected chi connectivity index (χ1v) is 7.17. The molecule has 3 rings (SSSR count). The molecule has 2 heterocycles. The first-order chi connectivity index (χ1) is 10.1. The fraction of sp³-hybridized carbons (Fsp3) is 0.375. The molecular formula is C16H19N3O2. The number of aromatic nitrogens is 1. The van der Waals surface area contributed by atoms with E-state index in [0.717, 1.165) is 30.4 Å². The third-order valence-corrected chi connectivity index (χ3v) is 3.82. The highest BCUT2D eigenvalue weighted by molar-refractivity contribution is 5.99. The molecule has 0 saturated carbocycles. The second-order valence-corrected chi connectivity index (χ2v) is 5.43. The number of para-hydroxylation sites is 1. The Bertz CT molecular complexity index is 666. The van der Waals surface area contributed by atoms with Gasteiger partial charge in [0.2, 0.25) is 0 Å². The molecule has 0 spiro atoms. The van der Waals surface area contributed by atoms with Crippen molar-refractivity contribution in [3.63, 3.8) is 0 Å². The SMILES string of the molecule is CN(CC1CCCO1)C(=O)c1cc(N)c2ccccc2n1. The Labute approximate surface area is 123 Å². The lowest BCUT2D eigenvalue weighted by molar-refractivity contribution is 0.0583. The zero-order valence-corrected chi connectivity index (χ0v) is 12.1. The number of carbonyl (C=O) groups is 1. The van der Waals surface area contributed by atoms with E-state index in [9.17, 15) is 4.79 Å². The van der Waals surface area contributed by atoms with Crippen LogP contribution in [0.4, 0.5) is 5.69 Å². The van der Waals surface area contributed by atoms with Crippen LogP contribution in [-0.4, -0.2) is 42.1 Å². The second kappa shape index (κ2) is 5.69. The van der Waals surface area contributed by atoms with E-state index in [-0.39, 0.29) is 12.0 Å². The molecule has 1 atom stereocenters. The summed E-state index contributed by atoms with van der Waals surface area (Å²) in [7, 11) is 1.77. The van der Waals surface area contributed by atoms with Crippen LogP contribution in [0.25, 0.3) is 10.9 Å². The third-order valence-electron chi connectivity index (χ3n) is 3.82. The molecule has 0 radical (unpaired) electrons. The number of carbonyl (C=O) groups excluding carboxylic acids is 1. The van der Waals surface area contributed by atoms with Crippen molar-refractivity contribution >= 4 is 22.5 Å². The van der Waals surface area contributed by atoms with Crippen LogP contribution in [0, 0.1) is 0 Å². The van der Waals surface area contributed by atoms with Crippen molar-refractivity contribution in [1.29, 1.82) is 0 Å². The van der Waals surface area contributed by atoms with Crippen molar-refractivity contribution in [1.82, 2.24) is 9.88 Å². The van der Waals surface area contributed by atoms with Crippen molar-refractivity contribution < 1.29 is 9.53 Å². The summed E-state index contributed by atoms with van der Waals surface area (Å²) < 4.78 is 5.56. The van der Waals surface area contributed by atoms with Gasteiger partial charge in [-0.15, -0.1) is 0 Å². The number of hydrogen-bond acceptors (Lipinski definition) is 4. The predicted octanol–water partition coefficient (Wildman–Crippen LogP) is 2.07. The van der Waals surface area contributed by atoms with Gasteiger partial charge in [-0.1, -0.05) is 18.2 Å². The Morgan fingerprint density at radius 2 is 2.29 bits per heavy atom. The van der Waals surface area contributed by atoms with Crippen LogP contribution < -0.4 is 5.73 Å². The van der Waals surface area contributed by atoms with Crippen LogP contribution >= 0.6 is 0 Å². The van der Waals surface area contributed by atoms with Crippen molar-refractivity contribution in [2.45, 2.75) is 18.9 Å². The summed E-state index contributed by atoms with van der Waals surface area (Å²) in [6.45, 7) is 1.38. The molecule has 1 fully saturated rings. The van der Waals surface area contributed by atoms with Crippen LogP contribution in [0.3, 0.4) is 0 Å². The van der Waals surface area contributed by atoms with Gasteiger partial charge in [0.05, 0.1) is 11.6 Å². The van der Waals surface area contributed by atoms with Crippen LogP contribution in [0.2, 0.25) is 0 Å². The minimum atomic E-state index is -0.122. The van der Waals surface area contributed by atoms with Gasteiger partial charge in [0.1, 0.15) is 5.69 Å². The molecule has 1 aliphatic heterocycles. The highest BCUT2D eigenvalue weighted by Gasteiger charge is 2.22. The number of anilines is 1. The van der Waals surface area contributed by atoms with E-state index in [1.54, 1.807) is 18.0 Å². The molecule has 1 unspecified atom stereocenters. The molecule has 2 N–H and O–H groups in total. The molecule has 1 aliphatic rings. The summed E-state index contributed by atoms with van der Waals surface area (Å²) in [4.78, 5) is 18.6. The fourth-order valence-electron chi connectivity index (χ4n) is 2.68. The standard InChI is InChI=1S/C16H19N3O2/c1-19(10-11-5-4-8-21-11)16(20)15-9-13(17)12-6-2-3-7-14(12)18-15/h2-3,6-7,9,11H,4-5,8,10H2,1H3,(H2,17,18). The third kappa shape index (κ3) is 2.83. The molecule has 21 heavy (non-hydrogen) atoms. The van der Waals surface area contributed by atoms with Crippen LogP contribution in [0.1, 0.15) is 23.3 Å². The summed E-state index contributed by atoms with van der Waals surface area (Å²) in [5, 5.41) is 0.871. The van der Waals surface area contributed by atoms with E-state index < -0.39 is 0 Å². The number of amides is 1. The van der Waals surface area contributed by atoms with E-state index in [1.807, 2.05) is 24.3 Å². The zero-order valence-electron chi connectivity index (χ0n) is 12.1. The highest BCUT2D eigenvalue weighted by Crippen LogP contribution is 2.21. The van der Waals surface area contributed by atoms with Crippen LogP contribution in [0.5, 0.6) is 0 Å². The maximum absolute atomic E-state index is 12.5. The minimum Gasteiger partial charge on any atom is -0.398 e. The van der Waals surface area contributed by atoms with E-state index in [1.165, 1.54) is 0 Å². The quantitative estimate of drug-likeness (QED) is 0.937. The van der Waals surface area contributed by atoms with Crippen molar-refractivity contribution in [3.05, 3.63) is 36.0 Å². The van der Waals surface area contributed by atoms with Crippen molar-refractivity contribution in [3.8, 4) is 0 Å². The monoisotopic (exact) mass is 285 g/mol. The molecule has 0 aliphatic carbocycles. The number of hydrogen-bond donors (Lipinski definition) is 1. The molecule has 1 aromatic heterocycles. The lowest BCUT2D eigenvalue weighted by atomic mass is 10.1. The molecule has 5 nitrogen and oxygen atoms in total. The summed E-state index contributed by atoms with van der Waals surface area (Å²) in [6.07, 6.45) is 2.20. The molecule has 110 valence electrons. The number of rotatable bonds is 3. The van der Waals surface area contributed by atoms with Gasteiger partial charge >= 0.3 is 0 Å². The van der Waals surface area contributed by atoms with Gasteiger partial charge in [-0.25, -0.2) is 4.98 Å². The summed E-state index contributed by atoms with van der Waals surface area (Å²) in [6, 6.07) is 9.21. The van der Waals surface area contributed by atoms with Crippen molar-refractivity contribution in [2.75, 3.05) is 25.9 Å². The van der Waals surface area contributed by atoms with Gasteiger partial charge in [0.15, 0.2) is 0 Å². The van der Waals surface area contributed by atoms with Crippen molar-refractivity contribution in [2.24, 2.45) is 0 Å². The maximum atomic E-state index is 12.5. The Morgan fingerprint density at radius 3 is 3.05 bits per heavy atom. The lowest BCUT2D eigenvalue weighted by Gasteiger charge is -2.20. The fourth-order valence-corrected chi connectivity index (χ4v) is 2.68. The lowest BCUT2D eigenvalue weighted by Crippen LogP contribution is -2.34. The van der Waals surface area contributed by atoms with Gasteiger partial charge in [0, 0.05) is 31.3 Å². The molecule has 1 aromatic carbocycles. The highest BCUT2D eigenvalue weighted by atomic mass is 16.5. The molecule has 1 amide bonds. The topological polar surface area (TPSA) is 68.5 Å². The second-order valence-electron chi connectivity index (χ2n) is 5.43. The Balaban J connectivity index is 1.83. The maximum Gasteiger partial charge on any atom is 0.272 e. The van der Waals surface area contributed by atoms with E-state index in [0.29, 0.717) is 17.9 Å². The number of fused-ring (bicyclic) bond motifs is 1. The smallest absolute Gasteiger partial charge is 0.272 e. The van der Waals surface area contributed by atoms with Gasteiger partial charge in [-0.3, -0.25) is 4.79 Å². The average molecular weight is 285 g/mol. The molecule has 1 saturated heterocycles. The predicted molar refractivity (Wildman–Crippen MR) is 82.1 cm³/mol. The zero-order chi connectivity index (χ0) is 14.8. The summed E-state index contributed by atoms with van der Waals surface area (Å²) in [5.74, 6) is -0.122. The van der Waals surface area contributed by atoms with Crippen LogP contribution in [-0.2, 0) is 4.74 Å². The first kappa shape index (κ1) is 13.8. The molecule has 5 heteroatoms.